The molecular formula is C51H92N2O10Si. The second kappa shape index (κ2) is 25.8. The Labute approximate surface area is 390 Å². The Morgan fingerprint density at radius 1 is 0.938 bits per heavy atom. The van der Waals surface area contributed by atoms with E-state index in [0.717, 1.165) is 30.4 Å². The SMILES string of the molecule is C.CC[C@@H]1/C=C(\C)C[C@H](C)C[C@H](OC)[C@H]2O[C@@](O)(C(=O)C(=O)N3CCCC[C@H]3C(=O)O[C@H](/C(C)=C/[C@@H]3CC[C@H](N)[C@H](OC)C3)[C@H](C)[C@@H](C)CC1=O)[C@H](C)C[C@@H]2OC.C[SiH](C)C(C)(C)C. The van der Waals surface area contributed by atoms with Crippen LogP contribution in [0, 0.1) is 35.5 Å². The Hall–Kier alpha value is -2.26. The molecule has 3 aliphatic heterocycles. The van der Waals surface area contributed by atoms with Gasteiger partial charge in [-0.05, 0) is 106 Å². The summed E-state index contributed by atoms with van der Waals surface area (Å²) in [5.41, 5.74) is 8.28. The van der Waals surface area contributed by atoms with E-state index in [0.29, 0.717) is 50.0 Å². The van der Waals surface area contributed by atoms with E-state index in [9.17, 15) is 24.3 Å². The molecule has 2 saturated heterocycles. The van der Waals surface area contributed by atoms with Gasteiger partial charge >= 0.3 is 5.97 Å². The molecule has 4 rings (SSSR count). The van der Waals surface area contributed by atoms with Crippen LogP contribution in [0.1, 0.15) is 147 Å². The Morgan fingerprint density at radius 2 is 1.53 bits per heavy atom. The molecule has 0 aromatic heterocycles. The molecule has 0 radical (unpaired) electrons. The third-order valence-corrected chi connectivity index (χ3v) is 18.6. The summed E-state index contributed by atoms with van der Waals surface area (Å²) in [5, 5.41) is 12.7. The minimum Gasteiger partial charge on any atom is -0.456 e. The average Bonchev–Trinajstić information content (AvgIpc) is 3.23. The van der Waals surface area contributed by atoms with Crippen LogP contribution in [0.2, 0.25) is 18.1 Å². The Balaban J connectivity index is 0.00000162. The molecular weight excluding hydrogens is 829 g/mol. The van der Waals surface area contributed by atoms with Crippen LogP contribution in [-0.4, -0.2) is 119 Å². The predicted octanol–water partition coefficient (Wildman–Crippen LogP) is 8.62. The number of carbonyl (C=O) groups is 4. The number of Topliss-reactive ketones (excluding diaryl/α,β-unsaturated/α-hetero) is 2. The van der Waals surface area contributed by atoms with E-state index in [1.165, 1.54) is 4.90 Å². The lowest BCUT2D eigenvalue weighted by molar-refractivity contribution is -0.302. The van der Waals surface area contributed by atoms with Crippen LogP contribution >= 0.6 is 0 Å². The molecule has 13 heteroatoms. The molecule has 370 valence electrons. The van der Waals surface area contributed by atoms with Gasteiger partial charge in [-0.3, -0.25) is 14.4 Å². The number of fused-ring (bicyclic) bond motifs is 3. The molecule has 0 unspecified atom stereocenters. The van der Waals surface area contributed by atoms with Gasteiger partial charge in [0.1, 0.15) is 24.0 Å². The van der Waals surface area contributed by atoms with Gasteiger partial charge in [-0.2, -0.15) is 0 Å². The van der Waals surface area contributed by atoms with Gasteiger partial charge in [0, 0.05) is 66.9 Å². The number of rotatable bonds is 6. The number of aliphatic hydroxyl groups is 1. The third-order valence-electron chi connectivity index (χ3n) is 15.1. The van der Waals surface area contributed by atoms with E-state index < -0.39 is 59.8 Å². The molecule has 0 spiro atoms. The summed E-state index contributed by atoms with van der Waals surface area (Å²) < 4.78 is 30.2. The van der Waals surface area contributed by atoms with E-state index in [-0.39, 0.29) is 76.7 Å². The van der Waals surface area contributed by atoms with E-state index in [4.69, 9.17) is 29.4 Å². The summed E-state index contributed by atoms with van der Waals surface area (Å²) in [5.74, 6) is -6.19. The van der Waals surface area contributed by atoms with Gasteiger partial charge in [-0.1, -0.05) is 93.6 Å². The lowest BCUT2D eigenvalue weighted by Gasteiger charge is -2.47. The number of hydrogen-bond acceptors (Lipinski definition) is 11. The number of cyclic esters (lactones) is 1. The largest absolute Gasteiger partial charge is 0.456 e. The van der Waals surface area contributed by atoms with Crippen LogP contribution in [0.4, 0.5) is 0 Å². The molecule has 1 amide bonds. The topological polar surface area (TPSA) is 164 Å². The van der Waals surface area contributed by atoms with Crippen molar-refractivity contribution in [2.75, 3.05) is 27.9 Å². The summed E-state index contributed by atoms with van der Waals surface area (Å²) in [6.07, 6.45) is 7.97. The highest BCUT2D eigenvalue weighted by atomic mass is 28.3. The van der Waals surface area contributed by atoms with Gasteiger partial charge in [0.2, 0.25) is 5.79 Å². The van der Waals surface area contributed by atoms with Crippen molar-refractivity contribution >= 4 is 32.2 Å². The summed E-state index contributed by atoms with van der Waals surface area (Å²) >= 11 is 0. The van der Waals surface area contributed by atoms with E-state index in [2.05, 4.69) is 52.9 Å². The zero-order chi connectivity index (χ0) is 47.6. The molecule has 4 aliphatic rings. The fourth-order valence-corrected chi connectivity index (χ4v) is 9.66. The number of carbonyl (C=O) groups excluding carboxylic acids is 4. The van der Waals surface area contributed by atoms with Crippen LogP contribution in [0.3, 0.4) is 0 Å². The fourth-order valence-electron chi connectivity index (χ4n) is 9.66. The first kappa shape index (κ1) is 57.9. The fraction of sp³-hybridized carbons (Fsp3) is 0.843. The molecule has 3 N–H and O–H groups in total. The maximum atomic E-state index is 14.4. The van der Waals surface area contributed by atoms with Crippen molar-refractivity contribution in [1.29, 1.82) is 0 Å². The first-order valence-corrected chi connectivity index (χ1v) is 27.0. The van der Waals surface area contributed by atoms with E-state index in [1.54, 1.807) is 28.3 Å². The maximum Gasteiger partial charge on any atom is 0.329 e. The van der Waals surface area contributed by atoms with Crippen molar-refractivity contribution in [1.82, 2.24) is 4.90 Å². The maximum absolute atomic E-state index is 14.4. The van der Waals surface area contributed by atoms with Crippen LogP contribution in [0.25, 0.3) is 0 Å². The van der Waals surface area contributed by atoms with Gasteiger partial charge in [-0.25, -0.2) is 4.79 Å². The Morgan fingerprint density at radius 3 is 2.09 bits per heavy atom. The Kier molecular flexibility index (Phi) is 23.3. The van der Waals surface area contributed by atoms with Crippen molar-refractivity contribution in [3.8, 4) is 0 Å². The number of nitrogens with two attached hydrogens (primary N) is 1. The number of nitrogens with zero attached hydrogens (tertiary/aromatic N) is 1. The van der Waals surface area contributed by atoms with Gasteiger partial charge < -0.3 is 39.4 Å². The predicted molar refractivity (Wildman–Crippen MR) is 259 cm³/mol. The molecule has 64 heavy (non-hydrogen) atoms. The second-order valence-corrected chi connectivity index (χ2v) is 25.2. The lowest BCUT2D eigenvalue weighted by Crippen LogP contribution is -2.64. The summed E-state index contributed by atoms with van der Waals surface area (Å²) in [6, 6.07) is -1.07. The van der Waals surface area contributed by atoms with Crippen molar-refractivity contribution < 1.29 is 48.0 Å². The number of ether oxygens (including phenoxy) is 5. The molecule has 1 aliphatic carbocycles. The van der Waals surface area contributed by atoms with Crippen LogP contribution in [-0.2, 0) is 42.9 Å². The van der Waals surface area contributed by atoms with Gasteiger partial charge in [0.15, 0.2) is 0 Å². The molecule has 0 aromatic carbocycles. The first-order chi connectivity index (χ1) is 29.4. The third kappa shape index (κ3) is 15.1. The summed E-state index contributed by atoms with van der Waals surface area (Å²) in [4.78, 5) is 58.1. The van der Waals surface area contributed by atoms with Crippen molar-refractivity contribution in [3.63, 3.8) is 0 Å². The summed E-state index contributed by atoms with van der Waals surface area (Å²) in [6.45, 7) is 25.7. The number of esters is 1. The van der Waals surface area contributed by atoms with Crippen LogP contribution < -0.4 is 5.73 Å². The monoisotopic (exact) mass is 921 g/mol. The quantitative estimate of drug-likeness (QED) is 0.114. The van der Waals surface area contributed by atoms with Crippen LogP contribution in [0.15, 0.2) is 23.3 Å². The zero-order valence-electron chi connectivity index (χ0n) is 41.9. The average molecular weight is 921 g/mol. The normalized spacial score (nSPS) is 37.8. The smallest absolute Gasteiger partial charge is 0.329 e. The molecule has 3 fully saturated rings. The minimum absolute atomic E-state index is 0. The molecule has 12 nitrogen and oxygen atoms in total. The standard InChI is InChI=1S/C44H72N2O10.C6H16Si.CH4/c1-11-32-19-25(2)18-26(3)20-37(53-9)40-38(54-10)23-29(6)44(51,56-40)41(48)42(49)46-17-13-12-14-34(46)43(50)55-39(30(7)27(4)22-35(32)47)28(5)21-31-15-16-33(45)36(24-31)52-8;1-6(2,3)7(4)5;/h19,21,26-27,29-34,36-40,51H,11-18,20,22-24,45H2,1-10H3;7H,1-5H3;1H4/b25-19+,28-21+;;/t26-,27-,29+,30+,31-,32+,33-,34-,36+,37-,38-,39+,40+,44+;;/m0../s1. The second-order valence-electron chi connectivity index (χ2n) is 21.2. The number of ketones is 2. The molecule has 3 heterocycles. The highest BCUT2D eigenvalue weighted by molar-refractivity contribution is 6.59. The van der Waals surface area contributed by atoms with Gasteiger partial charge in [0.25, 0.3) is 11.7 Å². The molecule has 0 aromatic rings. The van der Waals surface area contributed by atoms with Crippen molar-refractivity contribution in [2.45, 2.75) is 214 Å². The lowest BCUT2D eigenvalue weighted by atomic mass is 9.79. The van der Waals surface area contributed by atoms with Gasteiger partial charge in [0.05, 0.1) is 18.3 Å². The highest BCUT2D eigenvalue weighted by Gasteiger charge is 2.56. The summed E-state index contributed by atoms with van der Waals surface area (Å²) in [7, 11) is 4.43. The molecule has 14 atom stereocenters. The highest BCUT2D eigenvalue weighted by Crippen LogP contribution is 2.39. The number of hydrogen-bond donors (Lipinski definition) is 2. The van der Waals surface area contributed by atoms with Crippen molar-refractivity contribution in [3.05, 3.63) is 23.3 Å². The van der Waals surface area contributed by atoms with Gasteiger partial charge in [-0.15, -0.1) is 0 Å². The number of amides is 1. The number of piperidine rings is 1. The van der Waals surface area contributed by atoms with Crippen LogP contribution in [0.5, 0.6) is 0 Å². The van der Waals surface area contributed by atoms with Crippen molar-refractivity contribution in [2.24, 2.45) is 41.2 Å². The molecule has 2 bridgehead atoms. The Bertz CT molecular complexity index is 1580. The zero-order valence-corrected chi connectivity index (χ0v) is 43.0. The number of allylic oxidation sites excluding steroid dienone is 3. The van der Waals surface area contributed by atoms with E-state index >= 15 is 0 Å². The minimum atomic E-state index is -2.46. The van der Waals surface area contributed by atoms with E-state index in [1.807, 2.05) is 34.6 Å². The number of methoxy groups -OCH3 is 3. The molecule has 1 saturated carbocycles. The first-order valence-electron chi connectivity index (χ1n) is 24.1.